The lowest BCUT2D eigenvalue weighted by molar-refractivity contribution is 0.0580. The van der Waals surface area contributed by atoms with Gasteiger partial charge in [0.15, 0.2) is 0 Å². The summed E-state index contributed by atoms with van der Waals surface area (Å²) in [6, 6.07) is 10.5. The highest BCUT2D eigenvalue weighted by Gasteiger charge is 2.24. The number of ether oxygens (including phenoxy) is 2. The largest absolute Gasteiger partial charge is 0.465 e. The topological polar surface area (TPSA) is 68.7 Å². The van der Waals surface area contributed by atoms with Crippen molar-refractivity contribution >= 4 is 17.7 Å². The molecule has 0 spiro atoms. The smallest absolute Gasteiger partial charge is 0.414 e. The van der Waals surface area contributed by atoms with Crippen LogP contribution >= 0.6 is 0 Å². The second kappa shape index (κ2) is 7.34. The van der Waals surface area contributed by atoms with Crippen LogP contribution in [0.15, 0.2) is 42.6 Å². The molecule has 2 aromatic rings. The van der Waals surface area contributed by atoms with E-state index in [-0.39, 0.29) is 0 Å². The Bertz CT molecular complexity index is 767. The summed E-state index contributed by atoms with van der Waals surface area (Å²) < 4.78 is 10.2. The average Bonchev–Trinajstić information content (AvgIpc) is 2.59. The molecule has 25 heavy (non-hydrogen) atoms. The number of esters is 1. The molecule has 0 aliphatic carbocycles. The monoisotopic (exact) mass is 342 g/mol. The average molecular weight is 342 g/mol. The molecule has 0 saturated heterocycles. The van der Waals surface area contributed by atoms with Crippen molar-refractivity contribution in [3.8, 4) is 11.3 Å². The predicted octanol–water partition coefficient (Wildman–Crippen LogP) is 3.91. The highest BCUT2D eigenvalue weighted by molar-refractivity contribution is 5.97. The maximum Gasteiger partial charge on any atom is 0.414 e. The highest BCUT2D eigenvalue weighted by Crippen LogP contribution is 2.31. The summed E-state index contributed by atoms with van der Waals surface area (Å²) in [5.74, 6) is -0.480. The quantitative estimate of drug-likeness (QED) is 0.791. The first kappa shape index (κ1) is 18.4. The first-order valence-electron chi connectivity index (χ1n) is 7.83. The van der Waals surface area contributed by atoms with Gasteiger partial charge in [-0.25, -0.2) is 9.59 Å². The number of nitrogens with zero attached hydrogens (tertiary/aromatic N) is 2. The number of pyridine rings is 1. The van der Waals surface area contributed by atoms with E-state index in [1.54, 1.807) is 52.2 Å². The second-order valence-corrected chi connectivity index (χ2v) is 6.48. The molecule has 1 aromatic heterocycles. The molecule has 0 saturated carbocycles. The van der Waals surface area contributed by atoms with Crippen molar-refractivity contribution in [2.45, 2.75) is 26.4 Å². The fourth-order valence-corrected chi connectivity index (χ4v) is 2.22. The number of carbonyl (C=O) groups is 2. The summed E-state index contributed by atoms with van der Waals surface area (Å²) in [7, 11) is 2.91. The number of aromatic nitrogens is 1. The Kier molecular flexibility index (Phi) is 5.41. The molecule has 1 heterocycles. The van der Waals surface area contributed by atoms with Gasteiger partial charge in [0.25, 0.3) is 0 Å². The Hall–Kier alpha value is -2.89. The zero-order chi connectivity index (χ0) is 18.6. The van der Waals surface area contributed by atoms with Gasteiger partial charge >= 0.3 is 12.1 Å². The van der Waals surface area contributed by atoms with Gasteiger partial charge in [0.2, 0.25) is 0 Å². The van der Waals surface area contributed by atoms with E-state index in [1.807, 2.05) is 18.2 Å². The minimum Gasteiger partial charge on any atom is -0.465 e. The zero-order valence-electron chi connectivity index (χ0n) is 15.1. The Morgan fingerprint density at radius 3 is 2.40 bits per heavy atom. The van der Waals surface area contributed by atoms with E-state index in [0.29, 0.717) is 22.5 Å². The molecule has 0 atom stereocenters. The second-order valence-electron chi connectivity index (χ2n) is 6.48. The fraction of sp³-hybridized carbons (Fsp3) is 0.316. The van der Waals surface area contributed by atoms with Crippen LogP contribution in [0.25, 0.3) is 11.3 Å². The molecule has 0 aliphatic rings. The number of benzene rings is 1. The molecular weight excluding hydrogens is 320 g/mol. The lowest BCUT2D eigenvalue weighted by atomic mass is 10.0. The number of amides is 1. The van der Waals surface area contributed by atoms with E-state index in [1.165, 1.54) is 12.0 Å². The van der Waals surface area contributed by atoms with Crippen LogP contribution in [-0.4, -0.2) is 36.8 Å². The summed E-state index contributed by atoms with van der Waals surface area (Å²) in [4.78, 5) is 30.0. The third-order valence-corrected chi connectivity index (χ3v) is 3.39. The van der Waals surface area contributed by atoms with Crippen LogP contribution in [0.4, 0.5) is 10.5 Å². The highest BCUT2D eigenvalue weighted by atomic mass is 16.6. The normalized spacial score (nSPS) is 10.9. The molecule has 0 fully saturated rings. The first-order chi connectivity index (χ1) is 11.7. The van der Waals surface area contributed by atoms with Gasteiger partial charge in [-0.15, -0.1) is 0 Å². The van der Waals surface area contributed by atoms with Crippen molar-refractivity contribution in [1.82, 2.24) is 4.98 Å². The van der Waals surface area contributed by atoms with Crippen molar-refractivity contribution in [2.24, 2.45) is 0 Å². The third-order valence-electron chi connectivity index (χ3n) is 3.39. The van der Waals surface area contributed by atoms with Crippen molar-refractivity contribution < 1.29 is 19.1 Å². The summed E-state index contributed by atoms with van der Waals surface area (Å²) in [5, 5.41) is 0. The molecule has 0 unspecified atom stereocenters. The van der Waals surface area contributed by atoms with Crippen LogP contribution in [0.1, 0.15) is 31.1 Å². The summed E-state index contributed by atoms with van der Waals surface area (Å²) >= 11 is 0. The number of hydrogen-bond donors (Lipinski definition) is 0. The van der Waals surface area contributed by atoms with E-state index >= 15 is 0 Å². The minimum absolute atomic E-state index is 0.340. The Morgan fingerprint density at radius 2 is 1.84 bits per heavy atom. The van der Waals surface area contributed by atoms with Crippen molar-refractivity contribution in [1.29, 1.82) is 0 Å². The number of methoxy groups -OCH3 is 1. The Labute approximate surface area is 147 Å². The van der Waals surface area contributed by atoms with E-state index in [9.17, 15) is 9.59 Å². The van der Waals surface area contributed by atoms with Gasteiger partial charge in [0.05, 0.1) is 24.1 Å². The molecule has 132 valence electrons. The van der Waals surface area contributed by atoms with Gasteiger partial charge in [-0.2, -0.15) is 0 Å². The van der Waals surface area contributed by atoms with Gasteiger partial charge in [-0.1, -0.05) is 6.07 Å². The molecule has 0 radical (unpaired) electrons. The van der Waals surface area contributed by atoms with Gasteiger partial charge in [0.1, 0.15) is 5.60 Å². The van der Waals surface area contributed by atoms with Crippen LogP contribution in [0.5, 0.6) is 0 Å². The minimum atomic E-state index is -0.629. The van der Waals surface area contributed by atoms with E-state index in [0.717, 1.165) is 0 Å². The zero-order valence-corrected chi connectivity index (χ0v) is 15.1. The van der Waals surface area contributed by atoms with Gasteiger partial charge in [0, 0.05) is 18.8 Å². The molecule has 6 nitrogen and oxygen atoms in total. The lowest BCUT2D eigenvalue weighted by Gasteiger charge is -2.26. The first-order valence-corrected chi connectivity index (χ1v) is 7.83. The molecule has 0 N–H and O–H groups in total. The van der Waals surface area contributed by atoms with Crippen LogP contribution in [0, 0.1) is 0 Å². The molecule has 1 amide bonds. The van der Waals surface area contributed by atoms with Gasteiger partial charge < -0.3 is 9.47 Å². The molecule has 0 aliphatic heterocycles. The number of hydrogen-bond acceptors (Lipinski definition) is 5. The van der Waals surface area contributed by atoms with Crippen LogP contribution < -0.4 is 4.90 Å². The third kappa shape index (κ3) is 4.56. The predicted molar refractivity (Wildman–Crippen MR) is 95.6 cm³/mol. The van der Waals surface area contributed by atoms with Crippen molar-refractivity contribution in [3.63, 3.8) is 0 Å². The number of anilines is 1. The molecule has 0 bridgehead atoms. The van der Waals surface area contributed by atoms with Crippen LogP contribution in [0.3, 0.4) is 0 Å². The maximum absolute atomic E-state index is 12.5. The fourth-order valence-electron chi connectivity index (χ4n) is 2.22. The van der Waals surface area contributed by atoms with E-state index < -0.39 is 17.7 Å². The Morgan fingerprint density at radius 1 is 1.12 bits per heavy atom. The van der Waals surface area contributed by atoms with Crippen LogP contribution in [0.2, 0.25) is 0 Å². The lowest BCUT2D eigenvalue weighted by Crippen LogP contribution is -2.34. The molecule has 1 aromatic carbocycles. The standard InChI is InChI=1S/C19H22N2O4/c1-19(2,3)25-18(23)21(4)16-12-13(17(22)24-5)9-10-14(16)15-8-6-7-11-20-15/h6-12H,1-5H3. The van der Waals surface area contributed by atoms with Crippen molar-refractivity contribution in [3.05, 3.63) is 48.2 Å². The summed E-state index contributed by atoms with van der Waals surface area (Å²) in [6.45, 7) is 5.38. The summed E-state index contributed by atoms with van der Waals surface area (Å²) in [5.41, 5.74) is 1.62. The van der Waals surface area contributed by atoms with E-state index in [2.05, 4.69) is 4.98 Å². The Balaban J connectivity index is 2.51. The maximum atomic E-state index is 12.5. The molecular formula is C19H22N2O4. The van der Waals surface area contributed by atoms with Gasteiger partial charge in [-0.05, 0) is 51.1 Å². The number of rotatable bonds is 3. The van der Waals surface area contributed by atoms with Crippen LogP contribution in [-0.2, 0) is 9.47 Å². The van der Waals surface area contributed by atoms with Gasteiger partial charge in [-0.3, -0.25) is 9.88 Å². The molecule has 6 heteroatoms. The number of carbonyl (C=O) groups excluding carboxylic acids is 2. The molecule has 2 rings (SSSR count). The van der Waals surface area contributed by atoms with Crippen molar-refractivity contribution in [2.75, 3.05) is 19.1 Å². The SMILES string of the molecule is COC(=O)c1ccc(-c2ccccn2)c(N(C)C(=O)OC(C)(C)C)c1. The van der Waals surface area contributed by atoms with E-state index in [4.69, 9.17) is 9.47 Å². The summed E-state index contributed by atoms with van der Waals surface area (Å²) in [6.07, 6.45) is 1.15.